The van der Waals surface area contributed by atoms with Gasteiger partial charge in [-0.2, -0.15) is 0 Å². The second-order valence-electron chi connectivity index (χ2n) is 10.1. The number of ether oxygens (including phenoxy) is 1. The van der Waals surface area contributed by atoms with Crippen LogP contribution in [-0.2, 0) is 9.59 Å². The van der Waals surface area contributed by atoms with Crippen molar-refractivity contribution >= 4 is 41.2 Å². The van der Waals surface area contributed by atoms with Crippen molar-refractivity contribution in [3.05, 3.63) is 45.2 Å². The van der Waals surface area contributed by atoms with Crippen LogP contribution in [0.25, 0.3) is 0 Å². The number of methoxy groups -OCH3 is 1. The lowest BCUT2D eigenvalue weighted by Crippen LogP contribution is -2.52. The van der Waals surface area contributed by atoms with E-state index in [0.717, 1.165) is 27.5 Å². The van der Waals surface area contributed by atoms with E-state index in [2.05, 4.69) is 11.9 Å². The maximum Gasteiger partial charge on any atom is 0.257 e. The molecule has 38 heavy (non-hydrogen) atoms. The number of nitrogens with zero attached hydrogens (tertiary/aromatic N) is 3. The largest absolute Gasteiger partial charge is 0.496 e. The average Bonchev–Trinajstić information content (AvgIpc) is 3.73. The summed E-state index contributed by atoms with van der Waals surface area (Å²) in [5, 5.41) is 3.48. The van der Waals surface area contributed by atoms with Gasteiger partial charge in [0.1, 0.15) is 5.75 Å². The third-order valence-corrected chi connectivity index (χ3v) is 8.93. The first-order chi connectivity index (χ1) is 18.0. The van der Waals surface area contributed by atoms with E-state index in [1.165, 1.54) is 23.5 Å². The van der Waals surface area contributed by atoms with Crippen molar-refractivity contribution in [2.75, 3.05) is 53.9 Å². The summed E-state index contributed by atoms with van der Waals surface area (Å²) in [5.74, 6) is 0.626. The number of nitrogens with one attached hydrogen (secondary N) is 1. The van der Waals surface area contributed by atoms with Gasteiger partial charge in [-0.05, 0) is 58.5 Å². The number of rotatable bonds is 11. The van der Waals surface area contributed by atoms with Crippen molar-refractivity contribution in [1.82, 2.24) is 20.0 Å². The van der Waals surface area contributed by atoms with Crippen LogP contribution in [0.4, 0.5) is 0 Å². The lowest BCUT2D eigenvalue weighted by molar-refractivity contribution is -0.136. The van der Waals surface area contributed by atoms with E-state index in [1.54, 1.807) is 12.0 Å². The van der Waals surface area contributed by atoms with Gasteiger partial charge in [0.25, 0.3) is 5.91 Å². The minimum atomic E-state index is -0.104. The number of carbonyl (C=O) groups is 3. The Kier molecular flexibility index (Phi) is 10.8. The Morgan fingerprint density at radius 2 is 1.82 bits per heavy atom. The van der Waals surface area contributed by atoms with Crippen LogP contribution in [0.3, 0.4) is 0 Å². The number of thioether (sulfide) groups is 2. The maximum absolute atomic E-state index is 13.6. The van der Waals surface area contributed by atoms with Gasteiger partial charge < -0.3 is 24.8 Å². The van der Waals surface area contributed by atoms with Crippen molar-refractivity contribution in [1.29, 1.82) is 0 Å². The highest BCUT2D eigenvalue weighted by Gasteiger charge is 2.31. The number of allylic oxidation sites excluding steroid dienone is 1. The summed E-state index contributed by atoms with van der Waals surface area (Å²) in [5.41, 5.74) is 1.49. The summed E-state index contributed by atoms with van der Waals surface area (Å²) < 4.78 is 6.54. The fourth-order valence-electron chi connectivity index (χ4n) is 4.32. The zero-order valence-corrected chi connectivity index (χ0v) is 25.0. The van der Waals surface area contributed by atoms with E-state index >= 15 is 0 Å². The van der Waals surface area contributed by atoms with Crippen LogP contribution in [-0.4, -0.2) is 86.4 Å². The number of aryl methyl sites for hydroxylation is 1. The van der Waals surface area contributed by atoms with Gasteiger partial charge in [-0.15, -0.1) is 0 Å². The molecule has 0 bridgehead atoms. The minimum Gasteiger partial charge on any atom is -0.496 e. The summed E-state index contributed by atoms with van der Waals surface area (Å²) in [7, 11) is 5.49. The Bertz CT molecular complexity index is 1090. The average molecular weight is 561 g/mol. The minimum absolute atomic E-state index is 0.0328. The normalized spacial score (nSPS) is 16.9. The van der Waals surface area contributed by atoms with E-state index in [0.29, 0.717) is 49.1 Å². The van der Waals surface area contributed by atoms with Crippen LogP contribution in [0.2, 0.25) is 0 Å². The molecule has 1 aliphatic heterocycles. The monoisotopic (exact) mass is 560 g/mol. The van der Waals surface area contributed by atoms with Crippen LogP contribution in [0.5, 0.6) is 5.75 Å². The molecule has 2 aliphatic rings. The van der Waals surface area contributed by atoms with Crippen LogP contribution in [0.15, 0.2) is 38.9 Å². The van der Waals surface area contributed by atoms with Crippen molar-refractivity contribution < 1.29 is 19.1 Å². The van der Waals surface area contributed by atoms with E-state index in [1.807, 2.05) is 62.9 Å². The first-order valence-corrected chi connectivity index (χ1v) is 14.6. The van der Waals surface area contributed by atoms with Gasteiger partial charge in [0.05, 0.1) is 17.7 Å². The topological polar surface area (TPSA) is 82.2 Å². The lowest BCUT2D eigenvalue weighted by atomic mass is 10.1. The van der Waals surface area contributed by atoms with Gasteiger partial charge in [-0.25, -0.2) is 0 Å². The highest BCUT2D eigenvalue weighted by Crippen LogP contribution is 2.41. The Labute approximate surface area is 235 Å². The molecular formula is C28H40N4O4S2. The molecule has 1 N–H and O–H groups in total. The van der Waals surface area contributed by atoms with Crippen molar-refractivity contribution in [3.63, 3.8) is 0 Å². The fraction of sp³-hybridized carbons (Fsp3) is 0.536. The van der Waals surface area contributed by atoms with Crippen LogP contribution in [0.1, 0.15) is 42.6 Å². The third-order valence-electron chi connectivity index (χ3n) is 6.55. The van der Waals surface area contributed by atoms with E-state index in [9.17, 15) is 14.4 Å². The van der Waals surface area contributed by atoms with Gasteiger partial charge >= 0.3 is 0 Å². The Morgan fingerprint density at radius 1 is 1.18 bits per heavy atom. The van der Waals surface area contributed by atoms with Crippen LogP contribution < -0.4 is 10.1 Å². The predicted octanol–water partition coefficient (Wildman–Crippen LogP) is 4.17. The number of piperazine rings is 1. The van der Waals surface area contributed by atoms with Crippen molar-refractivity contribution in [3.8, 4) is 5.75 Å². The molecule has 0 radical (unpaired) electrons. The molecule has 1 saturated carbocycles. The molecule has 3 rings (SSSR count). The van der Waals surface area contributed by atoms with Crippen LogP contribution >= 0.6 is 23.5 Å². The summed E-state index contributed by atoms with van der Waals surface area (Å²) in [6, 6.07) is 3.77. The van der Waals surface area contributed by atoms with E-state index < -0.39 is 0 Å². The molecule has 2 fully saturated rings. The highest BCUT2D eigenvalue weighted by atomic mass is 32.2. The second-order valence-corrected chi connectivity index (χ2v) is 12.6. The predicted molar refractivity (Wildman–Crippen MR) is 155 cm³/mol. The number of carbonyl (C=O) groups excluding carboxylic acids is 3. The van der Waals surface area contributed by atoms with Crippen molar-refractivity contribution in [2.24, 2.45) is 11.8 Å². The molecule has 1 atom stereocenters. The molecular weight excluding hydrogens is 520 g/mol. The van der Waals surface area contributed by atoms with E-state index in [-0.39, 0.29) is 29.6 Å². The first kappa shape index (κ1) is 30.1. The highest BCUT2D eigenvalue weighted by molar-refractivity contribution is 8.24. The van der Waals surface area contributed by atoms with Gasteiger partial charge in [-0.1, -0.05) is 43.1 Å². The molecule has 1 aromatic carbocycles. The number of hydrogen-bond acceptors (Lipinski definition) is 7. The molecule has 0 spiro atoms. The molecule has 1 aromatic rings. The zero-order chi connectivity index (χ0) is 28.0. The molecule has 0 unspecified atom stereocenters. The molecule has 10 heteroatoms. The number of benzene rings is 1. The molecule has 0 aromatic heterocycles. The smallest absolute Gasteiger partial charge is 0.257 e. The summed E-state index contributed by atoms with van der Waals surface area (Å²) >= 11 is 2.95. The van der Waals surface area contributed by atoms with Crippen LogP contribution in [0, 0.1) is 18.8 Å². The molecule has 3 amide bonds. The van der Waals surface area contributed by atoms with E-state index in [4.69, 9.17) is 4.74 Å². The molecule has 1 heterocycles. The van der Waals surface area contributed by atoms with Gasteiger partial charge in [-0.3, -0.25) is 14.4 Å². The van der Waals surface area contributed by atoms with Gasteiger partial charge in [0, 0.05) is 53.7 Å². The Morgan fingerprint density at radius 3 is 2.37 bits per heavy atom. The maximum atomic E-state index is 13.6. The summed E-state index contributed by atoms with van der Waals surface area (Å²) in [6.07, 6.45) is 3.86. The summed E-state index contributed by atoms with van der Waals surface area (Å²) in [6.45, 7) is 12.6. The number of amides is 3. The summed E-state index contributed by atoms with van der Waals surface area (Å²) in [4.78, 5) is 45.0. The first-order valence-electron chi connectivity index (χ1n) is 13.0. The Balaban J connectivity index is 1.67. The molecule has 208 valence electrons. The second kappa shape index (κ2) is 13.6. The SMILES string of the molecule is C=C(NC(=O)C1CC1)S/C(=C\C)Sc1cc(C(=O)N2CCN(C(=O)[C@@H](C)CN(C)C)CC2)c(OC)cc1C. The standard InChI is InChI=1S/C28H40N4O4S2/c1-8-25(37-20(4)29-26(33)21-9-10-21)38-24-16-22(23(36-7)15-18(24)2)28(35)32-13-11-31(12-14-32)27(34)19(3)17-30(5)6/h8,15-16,19,21H,4,9-14,17H2,1-3,5-7H3,(H,29,33)/b25-8+/t19-/m0/s1. The lowest BCUT2D eigenvalue weighted by Gasteiger charge is -2.36. The van der Waals surface area contributed by atoms with Crippen molar-refractivity contribution in [2.45, 2.75) is 38.5 Å². The number of hydrogen-bond donors (Lipinski definition) is 1. The molecule has 1 aliphatic carbocycles. The zero-order valence-electron chi connectivity index (χ0n) is 23.3. The quantitative estimate of drug-likeness (QED) is 0.407. The van der Waals surface area contributed by atoms with Gasteiger partial charge in [0.15, 0.2) is 0 Å². The fourth-order valence-corrected chi connectivity index (χ4v) is 6.31. The Hall–Kier alpha value is -2.43. The molecule has 1 saturated heterocycles. The third kappa shape index (κ3) is 8.04. The van der Waals surface area contributed by atoms with Gasteiger partial charge in [0.2, 0.25) is 11.8 Å². The molecule has 8 nitrogen and oxygen atoms in total.